The molecule has 2 aromatic carbocycles. The zero-order chi connectivity index (χ0) is 22.0. The maximum atomic E-state index is 13.2. The lowest BCUT2D eigenvalue weighted by Crippen LogP contribution is -2.55. The lowest BCUT2D eigenvalue weighted by molar-refractivity contribution is -0.144. The van der Waals surface area contributed by atoms with Crippen LogP contribution in [0, 0.1) is 23.2 Å². The number of benzene rings is 2. The Hall–Kier alpha value is -2.60. The average molecular weight is 451 g/mol. The van der Waals surface area contributed by atoms with Crippen molar-refractivity contribution in [2.75, 3.05) is 18.5 Å². The first-order valence-corrected chi connectivity index (χ1v) is 12.0. The average Bonchev–Trinajstić information content (AvgIpc) is 2.77. The van der Waals surface area contributed by atoms with Gasteiger partial charge in [-0.05, 0) is 92.8 Å². The molecule has 2 aromatic rings. The molecule has 0 heterocycles. The summed E-state index contributed by atoms with van der Waals surface area (Å²) in [7, 11) is 0. The van der Waals surface area contributed by atoms with E-state index in [1.807, 2.05) is 54.6 Å². The molecule has 0 atom stereocenters. The standard InChI is InChI=1S/C26H30N2O3S/c29-24(26-15-18-12-19(16-26)14-20(13-18)17-26)28-25(32)27-22-8-4-5-9-23(22)31-11-10-30-21-6-2-1-3-7-21/h1-9,18-20H,10-17H2,(H2,27,28,29,32). The molecule has 1 amide bonds. The fraction of sp³-hybridized carbons (Fsp3) is 0.462. The van der Waals surface area contributed by atoms with Crippen LogP contribution in [0.2, 0.25) is 0 Å². The summed E-state index contributed by atoms with van der Waals surface area (Å²) in [5, 5.41) is 6.50. The number of anilines is 1. The van der Waals surface area contributed by atoms with Crippen molar-refractivity contribution < 1.29 is 14.3 Å². The molecular formula is C26H30N2O3S. The lowest BCUT2D eigenvalue weighted by Gasteiger charge is -2.55. The van der Waals surface area contributed by atoms with Gasteiger partial charge in [-0.1, -0.05) is 30.3 Å². The predicted octanol–water partition coefficient (Wildman–Crippen LogP) is 5.17. The molecule has 6 heteroatoms. The molecule has 2 N–H and O–H groups in total. The monoisotopic (exact) mass is 450 g/mol. The normalized spacial score (nSPS) is 27.6. The molecular weight excluding hydrogens is 420 g/mol. The summed E-state index contributed by atoms with van der Waals surface area (Å²) >= 11 is 5.50. The fourth-order valence-electron chi connectivity index (χ4n) is 6.30. The molecule has 0 unspecified atom stereocenters. The molecule has 32 heavy (non-hydrogen) atoms. The van der Waals surface area contributed by atoms with Gasteiger partial charge in [0.15, 0.2) is 5.11 Å². The SMILES string of the molecule is O=C(NC(=S)Nc1ccccc1OCCOc1ccccc1)C12CC3CC(CC(C3)C1)C2. The van der Waals surface area contributed by atoms with Gasteiger partial charge in [0.05, 0.1) is 11.1 Å². The first-order valence-electron chi connectivity index (χ1n) is 11.6. The van der Waals surface area contributed by atoms with Crippen LogP contribution in [-0.4, -0.2) is 24.2 Å². The highest BCUT2D eigenvalue weighted by Crippen LogP contribution is 2.60. The second kappa shape index (κ2) is 9.10. The van der Waals surface area contributed by atoms with E-state index in [1.165, 1.54) is 19.3 Å². The van der Waals surface area contributed by atoms with Crippen molar-refractivity contribution in [3.8, 4) is 11.5 Å². The molecule has 5 nitrogen and oxygen atoms in total. The van der Waals surface area contributed by atoms with E-state index in [4.69, 9.17) is 21.7 Å². The largest absolute Gasteiger partial charge is 0.490 e. The van der Waals surface area contributed by atoms with E-state index in [0.29, 0.717) is 24.1 Å². The summed E-state index contributed by atoms with van der Waals surface area (Å²) in [6, 6.07) is 17.3. The van der Waals surface area contributed by atoms with E-state index in [1.54, 1.807) is 0 Å². The maximum absolute atomic E-state index is 13.2. The Balaban J connectivity index is 1.15. The molecule has 0 spiro atoms. The van der Waals surface area contributed by atoms with Crippen LogP contribution in [0.15, 0.2) is 54.6 Å². The minimum Gasteiger partial charge on any atom is -0.490 e. The van der Waals surface area contributed by atoms with Crippen LogP contribution in [0.3, 0.4) is 0 Å². The zero-order valence-corrected chi connectivity index (χ0v) is 19.0. The number of thiocarbonyl (C=S) groups is 1. The maximum Gasteiger partial charge on any atom is 0.232 e. The number of ether oxygens (including phenoxy) is 2. The van der Waals surface area contributed by atoms with Gasteiger partial charge in [-0.15, -0.1) is 0 Å². The van der Waals surface area contributed by atoms with E-state index < -0.39 is 0 Å². The second-order valence-electron chi connectivity index (χ2n) is 9.61. The first-order chi connectivity index (χ1) is 15.6. The van der Waals surface area contributed by atoms with Crippen molar-refractivity contribution in [1.29, 1.82) is 0 Å². The van der Waals surface area contributed by atoms with Crippen LogP contribution in [0.1, 0.15) is 38.5 Å². The summed E-state index contributed by atoms with van der Waals surface area (Å²) in [6.07, 6.45) is 7.01. The highest BCUT2D eigenvalue weighted by atomic mass is 32.1. The Bertz CT molecular complexity index is 943. The number of amides is 1. The fourth-order valence-corrected chi connectivity index (χ4v) is 6.50. The molecule has 0 aromatic heterocycles. The van der Waals surface area contributed by atoms with Crippen LogP contribution in [0.5, 0.6) is 11.5 Å². The van der Waals surface area contributed by atoms with Gasteiger partial charge in [0.25, 0.3) is 0 Å². The van der Waals surface area contributed by atoms with E-state index in [2.05, 4.69) is 10.6 Å². The van der Waals surface area contributed by atoms with Crippen molar-refractivity contribution in [3.05, 3.63) is 54.6 Å². The number of nitrogens with one attached hydrogen (secondary N) is 2. The van der Waals surface area contributed by atoms with E-state index in [0.717, 1.165) is 48.5 Å². The summed E-state index contributed by atoms with van der Waals surface area (Å²) in [6.45, 7) is 0.839. The molecule has 0 saturated heterocycles. The molecule has 4 saturated carbocycles. The summed E-state index contributed by atoms with van der Waals surface area (Å²) in [4.78, 5) is 13.2. The summed E-state index contributed by atoms with van der Waals surface area (Å²) in [5.74, 6) is 3.76. The number of hydrogen-bond donors (Lipinski definition) is 2. The van der Waals surface area contributed by atoms with Crippen molar-refractivity contribution in [2.24, 2.45) is 23.2 Å². The van der Waals surface area contributed by atoms with E-state index in [9.17, 15) is 4.79 Å². The van der Waals surface area contributed by atoms with E-state index in [-0.39, 0.29) is 11.3 Å². The Morgan fingerprint density at radius 3 is 2.16 bits per heavy atom. The molecule has 4 aliphatic carbocycles. The molecule has 4 fully saturated rings. The van der Waals surface area contributed by atoms with Crippen LogP contribution >= 0.6 is 12.2 Å². The van der Waals surface area contributed by atoms with Gasteiger partial charge in [0.2, 0.25) is 5.91 Å². The predicted molar refractivity (Wildman–Crippen MR) is 129 cm³/mol. The summed E-state index contributed by atoms with van der Waals surface area (Å²) < 4.78 is 11.6. The van der Waals surface area contributed by atoms with Gasteiger partial charge in [-0.2, -0.15) is 0 Å². The molecule has 4 bridgehead atoms. The molecule has 0 aliphatic heterocycles. The third-order valence-electron chi connectivity index (χ3n) is 7.24. The van der Waals surface area contributed by atoms with Crippen LogP contribution in [0.25, 0.3) is 0 Å². The van der Waals surface area contributed by atoms with Crippen LogP contribution in [0.4, 0.5) is 5.69 Å². The van der Waals surface area contributed by atoms with E-state index >= 15 is 0 Å². The Morgan fingerprint density at radius 2 is 1.47 bits per heavy atom. The number of rotatable bonds is 7. The first kappa shape index (κ1) is 21.3. The highest BCUT2D eigenvalue weighted by molar-refractivity contribution is 7.80. The van der Waals surface area contributed by atoms with Gasteiger partial charge in [0, 0.05) is 0 Å². The minimum atomic E-state index is -0.217. The third kappa shape index (κ3) is 4.60. The smallest absolute Gasteiger partial charge is 0.232 e. The molecule has 168 valence electrons. The van der Waals surface area contributed by atoms with Gasteiger partial charge >= 0.3 is 0 Å². The number of carbonyl (C=O) groups is 1. The summed E-state index contributed by atoms with van der Waals surface area (Å²) in [5.41, 5.74) is 0.522. The van der Waals surface area contributed by atoms with Crippen molar-refractivity contribution in [2.45, 2.75) is 38.5 Å². The van der Waals surface area contributed by atoms with Gasteiger partial charge in [0.1, 0.15) is 24.7 Å². The highest BCUT2D eigenvalue weighted by Gasteiger charge is 2.54. The van der Waals surface area contributed by atoms with Gasteiger partial charge in [-0.25, -0.2) is 0 Å². The quantitative estimate of drug-likeness (QED) is 0.450. The lowest BCUT2D eigenvalue weighted by atomic mass is 9.49. The Kier molecular flexibility index (Phi) is 6.05. The van der Waals surface area contributed by atoms with Crippen molar-refractivity contribution in [1.82, 2.24) is 5.32 Å². The third-order valence-corrected chi connectivity index (χ3v) is 7.44. The number of carbonyl (C=O) groups excluding carboxylic acids is 1. The number of para-hydroxylation sites is 3. The van der Waals surface area contributed by atoms with Gasteiger partial charge in [-0.3, -0.25) is 4.79 Å². The van der Waals surface area contributed by atoms with Crippen molar-refractivity contribution >= 4 is 28.9 Å². The zero-order valence-electron chi connectivity index (χ0n) is 18.2. The molecule has 4 aliphatic rings. The Labute approximate surface area is 194 Å². The second-order valence-corrected chi connectivity index (χ2v) is 10.0. The molecule has 6 rings (SSSR count). The molecule has 0 radical (unpaired) electrons. The Morgan fingerprint density at radius 1 is 0.875 bits per heavy atom. The van der Waals surface area contributed by atoms with Gasteiger partial charge < -0.3 is 20.1 Å². The minimum absolute atomic E-state index is 0.101. The number of hydrogen-bond acceptors (Lipinski definition) is 4. The van der Waals surface area contributed by atoms with Crippen LogP contribution in [-0.2, 0) is 4.79 Å². The van der Waals surface area contributed by atoms with Crippen molar-refractivity contribution in [3.63, 3.8) is 0 Å². The topological polar surface area (TPSA) is 59.6 Å². The van der Waals surface area contributed by atoms with Crippen LogP contribution < -0.4 is 20.1 Å².